The molecule has 19 heavy (non-hydrogen) atoms. The van der Waals surface area contributed by atoms with Crippen LogP contribution in [0.2, 0.25) is 5.02 Å². The number of ether oxygens (including phenoxy) is 1. The van der Waals surface area contributed by atoms with E-state index in [1.165, 1.54) is 18.2 Å². The van der Waals surface area contributed by atoms with Gasteiger partial charge in [0.25, 0.3) is 0 Å². The van der Waals surface area contributed by atoms with Crippen LogP contribution < -0.4 is 10.5 Å². The van der Waals surface area contributed by atoms with E-state index in [1.807, 2.05) is 0 Å². The molecule has 6 nitrogen and oxygen atoms in total. The van der Waals surface area contributed by atoms with Crippen molar-refractivity contribution >= 4 is 33.4 Å². The van der Waals surface area contributed by atoms with Crippen molar-refractivity contribution in [3.8, 4) is 0 Å². The van der Waals surface area contributed by atoms with Crippen LogP contribution in [0.5, 0.6) is 0 Å². The minimum Gasteiger partial charge on any atom is -0.444 e. The molecule has 0 radical (unpaired) electrons. The molecule has 0 aromatic heterocycles. The number of carbonyl (C=O) groups is 1. The molecular weight excluding hydrogens is 292 g/mol. The molecule has 1 rings (SSSR count). The molecule has 0 spiro atoms. The summed E-state index contributed by atoms with van der Waals surface area (Å²) >= 11 is 5.78. The Morgan fingerprint density at radius 1 is 1.37 bits per heavy atom. The minimum atomic E-state index is -3.88. The number of sulfonamides is 1. The van der Waals surface area contributed by atoms with Crippen LogP contribution in [0.15, 0.2) is 23.1 Å². The van der Waals surface area contributed by atoms with E-state index in [4.69, 9.17) is 21.5 Å². The number of halogens is 1. The maximum Gasteiger partial charge on any atom is 0.412 e. The average molecular weight is 307 g/mol. The summed E-state index contributed by atoms with van der Waals surface area (Å²) in [4.78, 5) is 11.3. The molecule has 0 aliphatic heterocycles. The highest BCUT2D eigenvalue weighted by molar-refractivity contribution is 7.89. The molecule has 0 aliphatic carbocycles. The maximum absolute atomic E-state index is 11.5. The fourth-order valence-corrected chi connectivity index (χ4v) is 2.32. The number of primary sulfonamides is 1. The SMILES string of the molecule is CC(C)(C)OC(=O)Nc1ccc(S(N)(=O)=O)c(Cl)c1. The van der Waals surface area contributed by atoms with E-state index in [-0.39, 0.29) is 9.92 Å². The summed E-state index contributed by atoms with van der Waals surface area (Å²) in [5.74, 6) is 0. The van der Waals surface area contributed by atoms with Crippen LogP contribution in [0.25, 0.3) is 0 Å². The average Bonchev–Trinajstić information content (AvgIpc) is 2.11. The van der Waals surface area contributed by atoms with Crippen molar-refractivity contribution in [3.05, 3.63) is 23.2 Å². The molecule has 0 saturated heterocycles. The van der Waals surface area contributed by atoms with Gasteiger partial charge < -0.3 is 4.74 Å². The van der Waals surface area contributed by atoms with Gasteiger partial charge >= 0.3 is 6.09 Å². The van der Waals surface area contributed by atoms with Crippen LogP contribution in [0.4, 0.5) is 10.5 Å². The summed E-state index contributed by atoms with van der Waals surface area (Å²) in [5.41, 5.74) is -0.319. The lowest BCUT2D eigenvalue weighted by Crippen LogP contribution is -2.27. The van der Waals surface area contributed by atoms with Crippen LogP contribution in [0.1, 0.15) is 20.8 Å². The lowest BCUT2D eigenvalue weighted by Gasteiger charge is -2.19. The number of nitrogens with two attached hydrogens (primary N) is 1. The Hall–Kier alpha value is -1.31. The number of hydrogen-bond donors (Lipinski definition) is 2. The Labute approximate surface area is 116 Å². The largest absolute Gasteiger partial charge is 0.444 e. The number of benzene rings is 1. The Kier molecular flexibility index (Phi) is 4.44. The van der Waals surface area contributed by atoms with E-state index >= 15 is 0 Å². The number of anilines is 1. The van der Waals surface area contributed by atoms with Crippen LogP contribution in [-0.4, -0.2) is 20.1 Å². The highest BCUT2D eigenvalue weighted by Crippen LogP contribution is 2.24. The Morgan fingerprint density at radius 3 is 2.37 bits per heavy atom. The maximum atomic E-state index is 11.5. The van der Waals surface area contributed by atoms with E-state index in [0.29, 0.717) is 5.69 Å². The standard InChI is InChI=1S/C11H15ClN2O4S/c1-11(2,3)18-10(15)14-7-4-5-9(8(12)6-7)19(13,16)17/h4-6H,1-3H3,(H,14,15)(H2,13,16,17). The molecule has 0 unspecified atom stereocenters. The molecule has 0 heterocycles. The quantitative estimate of drug-likeness (QED) is 0.876. The van der Waals surface area contributed by atoms with Crippen LogP contribution >= 0.6 is 11.6 Å². The summed E-state index contributed by atoms with van der Waals surface area (Å²) in [6, 6.07) is 3.87. The lowest BCUT2D eigenvalue weighted by molar-refractivity contribution is 0.0636. The summed E-state index contributed by atoms with van der Waals surface area (Å²) in [6.07, 6.45) is -0.660. The predicted molar refractivity (Wildman–Crippen MR) is 72.7 cm³/mol. The van der Waals surface area contributed by atoms with Gasteiger partial charge in [0.1, 0.15) is 10.5 Å². The zero-order valence-corrected chi connectivity index (χ0v) is 12.3. The van der Waals surface area contributed by atoms with E-state index in [0.717, 1.165) is 0 Å². The van der Waals surface area contributed by atoms with Crippen LogP contribution in [0.3, 0.4) is 0 Å². The molecule has 0 atom stereocenters. The Balaban J connectivity index is 2.89. The van der Waals surface area contributed by atoms with Gasteiger partial charge in [0, 0.05) is 5.69 Å². The second-order valence-electron chi connectivity index (χ2n) is 4.82. The van der Waals surface area contributed by atoms with Gasteiger partial charge in [-0.2, -0.15) is 0 Å². The van der Waals surface area contributed by atoms with Gasteiger partial charge in [-0.15, -0.1) is 0 Å². The third-order valence-electron chi connectivity index (χ3n) is 1.88. The number of nitrogens with one attached hydrogen (secondary N) is 1. The normalized spacial score (nSPS) is 12.1. The predicted octanol–water partition coefficient (Wildman–Crippen LogP) is 2.33. The van der Waals surface area contributed by atoms with Gasteiger partial charge in [0.05, 0.1) is 5.02 Å². The number of rotatable bonds is 2. The number of amides is 1. The molecular formula is C11H15ClN2O4S. The van der Waals surface area contributed by atoms with E-state index < -0.39 is 21.7 Å². The van der Waals surface area contributed by atoms with Gasteiger partial charge in [-0.05, 0) is 39.0 Å². The Morgan fingerprint density at radius 2 is 1.95 bits per heavy atom. The summed E-state index contributed by atoms with van der Waals surface area (Å²) in [6.45, 7) is 5.18. The van der Waals surface area contributed by atoms with Crippen molar-refractivity contribution in [1.29, 1.82) is 0 Å². The van der Waals surface area contributed by atoms with Crippen molar-refractivity contribution < 1.29 is 17.9 Å². The fraction of sp³-hybridized carbons (Fsp3) is 0.364. The first-order valence-corrected chi connectivity index (χ1v) is 7.24. The molecule has 1 aromatic rings. The second kappa shape index (κ2) is 5.36. The zero-order valence-electron chi connectivity index (χ0n) is 10.7. The molecule has 1 aromatic carbocycles. The van der Waals surface area contributed by atoms with Crippen molar-refractivity contribution in [3.63, 3.8) is 0 Å². The zero-order chi connectivity index (χ0) is 14.8. The smallest absolute Gasteiger partial charge is 0.412 e. The van der Waals surface area contributed by atoms with Gasteiger partial charge in [0.2, 0.25) is 10.0 Å². The molecule has 1 amide bonds. The summed E-state index contributed by atoms with van der Waals surface area (Å²) in [5, 5.41) is 7.33. The second-order valence-corrected chi connectivity index (χ2v) is 6.75. The Bertz CT molecular complexity index is 593. The molecule has 0 saturated carbocycles. The van der Waals surface area contributed by atoms with Gasteiger partial charge in [-0.3, -0.25) is 5.32 Å². The minimum absolute atomic E-state index is 0.0731. The third kappa shape index (κ3) is 5.06. The number of hydrogen-bond acceptors (Lipinski definition) is 4. The molecule has 0 bridgehead atoms. The van der Waals surface area contributed by atoms with Crippen molar-refractivity contribution in [2.75, 3.05) is 5.32 Å². The first-order chi connectivity index (χ1) is 8.49. The first kappa shape index (κ1) is 15.7. The summed E-state index contributed by atoms with van der Waals surface area (Å²) < 4.78 is 27.4. The molecule has 8 heteroatoms. The monoisotopic (exact) mass is 306 g/mol. The number of carbonyl (C=O) groups excluding carboxylic acids is 1. The highest BCUT2D eigenvalue weighted by Gasteiger charge is 2.17. The van der Waals surface area contributed by atoms with Crippen LogP contribution in [0, 0.1) is 0 Å². The molecule has 0 aliphatic rings. The van der Waals surface area contributed by atoms with Gasteiger partial charge in [0.15, 0.2) is 0 Å². The molecule has 0 fully saturated rings. The van der Waals surface area contributed by atoms with Crippen molar-refractivity contribution in [2.45, 2.75) is 31.3 Å². The molecule has 106 valence electrons. The fourth-order valence-electron chi connectivity index (χ4n) is 1.23. The lowest BCUT2D eigenvalue weighted by atomic mass is 10.2. The van der Waals surface area contributed by atoms with Crippen molar-refractivity contribution in [2.24, 2.45) is 5.14 Å². The van der Waals surface area contributed by atoms with E-state index in [2.05, 4.69) is 5.32 Å². The van der Waals surface area contributed by atoms with Crippen LogP contribution in [-0.2, 0) is 14.8 Å². The van der Waals surface area contributed by atoms with Gasteiger partial charge in [-0.1, -0.05) is 11.6 Å². The van der Waals surface area contributed by atoms with Crippen molar-refractivity contribution in [1.82, 2.24) is 0 Å². The summed E-state index contributed by atoms with van der Waals surface area (Å²) in [7, 11) is -3.88. The van der Waals surface area contributed by atoms with Gasteiger partial charge in [-0.25, -0.2) is 18.4 Å². The highest BCUT2D eigenvalue weighted by atomic mass is 35.5. The third-order valence-corrected chi connectivity index (χ3v) is 3.28. The van der Waals surface area contributed by atoms with E-state index in [9.17, 15) is 13.2 Å². The topological polar surface area (TPSA) is 98.5 Å². The van der Waals surface area contributed by atoms with E-state index in [1.54, 1.807) is 20.8 Å². The first-order valence-electron chi connectivity index (χ1n) is 5.31. The molecule has 3 N–H and O–H groups in total.